The molecule has 0 fully saturated rings. The van der Waals surface area contributed by atoms with Crippen LogP contribution in [0.1, 0.15) is 46.6 Å². The lowest BCUT2D eigenvalue weighted by molar-refractivity contribution is 0.0502. The second kappa shape index (κ2) is 9.43. The van der Waals surface area contributed by atoms with Gasteiger partial charge in [0.2, 0.25) is 0 Å². The molecule has 1 amide bonds. The molecular weight excluding hydrogens is 341 g/mol. The Morgan fingerprint density at radius 3 is 2.56 bits per heavy atom. The minimum Gasteiger partial charge on any atom is -0.444 e. The number of aliphatic hydroxyl groups is 1. The van der Waals surface area contributed by atoms with Crippen LogP contribution in [0.25, 0.3) is 0 Å². The predicted molar refractivity (Wildman–Crippen MR) is 102 cm³/mol. The minimum atomic E-state index is -0.749. The summed E-state index contributed by atoms with van der Waals surface area (Å²) in [5.74, 6) is 0.439. The van der Waals surface area contributed by atoms with Crippen molar-refractivity contribution >= 4 is 17.9 Å². The summed E-state index contributed by atoms with van der Waals surface area (Å²) in [6.07, 6.45) is 0.0734. The number of hydrogen-bond acceptors (Lipinski definition) is 4. The molecule has 0 heterocycles. The molecular formula is C19H30FNO3S. The van der Waals surface area contributed by atoms with Gasteiger partial charge in [-0.3, -0.25) is 0 Å². The van der Waals surface area contributed by atoms with Crippen LogP contribution in [0.15, 0.2) is 24.3 Å². The van der Waals surface area contributed by atoms with Crippen LogP contribution < -0.4 is 5.32 Å². The van der Waals surface area contributed by atoms with E-state index in [0.717, 1.165) is 5.75 Å². The molecule has 142 valence electrons. The van der Waals surface area contributed by atoms with E-state index < -0.39 is 17.1 Å². The maximum atomic E-state index is 13.7. The van der Waals surface area contributed by atoms with Crippen molar-refractivity contribution in [1.29, 1.82) is 0 Å². The maximum absolute atomic E-state index is 13.7. The number of nitrogens with one attached hydrogen (secondary N) is 1. The van der Waals surface area contributed by atoms with Crippen molar-refractivity contribution in [3.63, 3.8) is 0 Å². The van der Waals surface area contributed by atoms with Gasteiger partial charge < -0.3 is 15.2 Å². The van der Waals surface area contributed by atoms with E-state index in [2.05, 4.69) is 19.2 Å². The van der Waals surface area contributed by atoms with Gasteiger partial charge in [-0.25, -0.2) is 9.18 Å². The van der Waals surface area contributed by atoms with Gasteiger partial charge in [0.25, 0.3) is 0 Å². The number of hydrogen-bond donors (Lipinski definition) is 2. The Labute approximate surface area is 154 Å². The van der Waals surface area contributed by atoms with Gasteiger partial charge in [-0.05, 0) is 55.9 Å². The van der Waals surface area contributed by atoms with Gasteiger partial charge in [0.05, 0.1) is 6.61 Å². The molecule has 0 aromatic heterocycles. The summed E-state index contributed by atoms with van der Waals surface area (Å²) in [5.41, 5.74) is -0.672. The number of aliphatic hydroxyl groups excluding tert-OH is 1. The highest BCUT2D eigenvalue weighted by atomic mass is 32.2. The summed E-state index contributed by atoms with van der Waals surface area (Å²) in [7, 11) is 0. The van der Waals surface area contributed by atoms with Gasteiger partial charge >= 0.3 is 6.09 Å². The van der Waals surface area contributed by atoms with Crippen LogP contribution in [-0.2, 0) is 10.2 Å². The monoisotopic (exact) mass is 371 g/mol. The third-order valence-electron chi connectivity index (χ3n) is 3.74. The third-order valence-corrected chi connectivity index (χ3v) is 4.85. The molecule has 25 heavy (non-hydrogen) atoms. The Hall–Kier alpha value is -1.27. The average Bonchev–Trinajstić information content (AvgIpc) is 2.49. The van der Waals surface area contributed by atoms with Crippen LogP contribution >= 0.6 is 11.8 Å². The van der Waals surface area contributed by atoms with Crippen molar-refractivity contribution < 1.29 is 19.0 Å². The predicted octanol–water partition coefficient (Wildman–Crippen LogP) is 4.11. The molecule has 0 radical (unpaired) electrons. The topological polar surface area (TPSA) is 58.6 Å². The summed E-state index contributed by atoms with van der Waals surface area (Å²) < 4.78 is 19.0. The van der Waals surface area contributed by atoms with Crippen LogP contribution in [0.3, 0.4) is 0 Å². The fourth-order valence-corrected chi connectivity index (χ4v) is 3.40. The fraction of sp³-hybridized carbons (Fsp3) is 0.632. The second-order valence-corrected chi connectivity index (χ2v) is 9.16. The van der Waals surface area contributed by atoms with Crippen LogP contribution in [0.5, 0.6) is 0 Å². The number of ether oxygens (including phenoxy) is 1. The number of alkyl carbamates (subject to hydrolysis) is 1. The Morgan fingerprint density at radius 1 is 1.36 bits per heavy atom. The Balaban J connectivity index is 2.94. The first-order chi connectivity index (χ1) is 11.6. The molecule has 1 rings (SSSR count). The molecule has 0 aliphatic rings. The van der Waals surface area contributed by atoms with Gasteiger partial charge in [-0.1, -0.05) is 26.0 Å². The van der Waals surface area contributed by atoms with Crippen molar-refractivity contribution in [2.75, 3.05) is 18.9 Å². The molecule has 0 aliphatic carbocycles. The zero-order valence-electron chi connectivity index (χ0n) is 15.8. The molecule has 1 atom stereocenters. The summed E-state index contributed by atoms with van der Waals surface area (Å²) in [4.78, 5) is 12.0. The first-order valence-corrected chi connectivity index (χ1v) is 9.58. The number of benzene rings is 1. The number of carbonyl (C=O) groups is 1. The zero-order valence-corrected chi connectivity index (χ0v) is 16.6. The highest BCUT2D eigenvalue weighted by molar-refractivity contribution is 7.99. The van der Waals surface area contributed by atoms with Crippen LogP contribution in [-0.4, -0.2) is 41.0 Å². The molecule has 1 aromatic carbocycles. The van der Waals surface area contributed by atoms with E-state index in [1.165, 1.54) is 12.1 Å². The lowest BCUT2D eigenvalue weighted by atomic mass is 9.78. The molecule has 4 nitrogen and oxygen atoms in total. The number of thioether (sulfide) groups is 1. The Morgan fingerprint density at radius 2 is 2.04 bits per heavy atom. The van der Waals surface area contributed by atoms with E-state index in [0.29, 0.717) is 17.2 Å². The summed E-state index contributed by atoms with van der Waals surface area (Å²) >= 11 is 1.77. The van der Waals surface area contributed by atoms with Gasteiger partial charge in [-0.15, -0.1) is 0 Å². The maximum Gasteiger partial charge on any atom is 0.407 e. The Bertz CT molecular complexity index is 560. The first kappa shape index (κ1) is 21.8. The van der Waals surface area contributed by atoms with Crippen molar-refractivity contribution in [2.24, 2.45) is 0 Å². The van der Waals surface area contributed by atoms with Gasteiger partial charge in [-0.2, -0.15) is 11.8 Å². The third kappa shape index (κ3) is 7.65. The lowest BCUT2D eigenvalue weighted by Crippen LogP contribution is -2.45. The number of rotatable bonds is 8. The van der Waals surface area contributed by atoms with Crippen LogP contribution in [0.4, 0.5) is 9.18 Å². The van der Waals surface area contributed by atoms with E-state index in [9.17, 15) is 14.3 Å². The highest BCUT2D eigenvalue weighted by Crippen LogP contribution is 2.30. The zero-order chi connectivity index (χ0) is 19.1. The van der Waals surface area contributed by atoms with E-state index >= 15 is 0 Å². The quantitative estimate of drug-likeness (QED) is 0.722. The minimum absolute atomic E-state index is 0.181. The van der Waals surface area contributed by atoms with Crippen LogP contribution in [0.2, 0.25) is 0 Å². The largest absolute Gasteiger partial charge is 0.444 e. The summed E-state index contributed by atoms with van der Waals surface area (Å²) in [6.45, 7) is 9.57. The molecule has 6 heteroatoms. The number of amides is 1. The molecule has 0 saturated carbocycles. The molecule has 1 unspecified atom stereocenters. The fourth-order valence-electron chi connectivity index (χ4n) is 2.42. The smallest absolute Gasteiger partial charge is 0.407 e. The standard InChI is InChI=1S/C19H30FNO3S/c1-14(2)25-10-9-19(13-22,15-7-6-8-16(20)11-15)12-21-17(23)24-18(3,4)5/h6-8,11,14,22H,9-10,12-13H2,1-5H3,(H,21,23). The average molecular weight is 372 g/mol. The van der Waals surface area contributed by atoms with Crippen molar-refractivity contribution in [1.82, 2.24) is 5.32 Å². The van der Waals surface area contributed by atoms with Gasteiger partial charge in [0.1, 0.15) is 11.4 Å². The van der Waals surface area contributed by atoms with Crippen molar-refractivity contribution in [3.05, 3.63) is 35.6 Å². The van der Waals surface area contributed by atoms with Crippen molar-refractivity contribution in [2.45, 2.75) is 57.3 Å². The number of halogens is 1. The highest BCUT2D eigenvalue weighted by Gasteiger charge is 2.33. The van der Waals surface area contributed by atoms with E-state index in [4.69, 9.17) is 4.74 Å². The summed E-state index contributed by atoms with van der Waals surface area (Å²) in [5, 5.41) is 13.3. The SMILES string of the molecule is CC(C)SCCC(CO)(CNC(=O)OC(C)(C)C)c1cccc(F)c1. The van der Waals surface area contributed by atoms with E-state index in [1.807, 2.05) is 0 Å². The van der Waals surface area contributed by atoms with Crippen LogP contribution in [0, 0.1) is 5.82 Å². The molecule has 0 aliphatic heterocycles. The second-order valence-electron chi connectivity index (χ2n) is 7.47. The molecule has 0 spiro atoms. The normalized spacial score (nSPS) is 14.2. The Kier molecular flexibility index (Phi) is 8.22. The lowest BCUT2D eigenvalue weighted by Gasteiger charge is -2.33. The van der Waals surface area contributed by atoms with Crippen molar-refractivity contribution in [3.8, 4) is 0 Å². The summed E-state index contributed by atoms with van der Waals surface area (Å²) in [6, 6.07) is 6.21. The number of carbonyl (C=O) groups excluding carboxylic acids is 1. The van der Waals surface area contributed by atoms with E-state index in [1.54, 1.807) is 44.7 Å². The first-order valence-electron chi connectivity index (χ1n) is 8.53. The molecule has 2 N–H and O–H groups in total. The van der Waals surface area contributed by atoms with Gasteiger partial charge in [0.15, 0.2) is 0 Å². The molecule has 0 bridgehead atoms. The molecule has 0 saturated heterocycles. The van der Waals surface area contributed by atoms with Gasteiger partial charge in [0, 0.05) is 12.0 Å². The molecule has 1 aromatic rings. The van der Waals surface area contributed by atoms with E-state index in [-0.39, 0.29) is 19.0 Å².